The van der Waals surface area contributed by atoms with Gasteiger partial charge >= 0.3 is 0 Å². The van der Waals surface area contributed by atoms with Crippen molar-refractivity contribution in [3.8, 4) is 16.8 Å². The smallest absolute Gasteiger partial charge is 0.145 e. The van der Waals surface area contributed by atoms with Gasteiger partial charge in [-0.25, -0.2) is 4.39 Å². The Labute approximate surface area is 346 Å². The minimum absolute atomic E-state index is 0.275. The normalized spacial score (nSPS) is 17.6. The molecule has 284 valence electrons. The molecule has 4 aliphatic carbocycles. The van der Waals surface area contributed by atoms with Crippen LogP contribution in [0.25, 0.3) is 60.6 Å². The van der Waals surface area contributed by atoms with Crippen molar-refractivity contribution in [3.63, 3.8) is 0 Å². The SMILES string of the molecule is Fc1ccc(N(c2ccc3c4ccccc4n(-c4ccccc4)c3c2)c2cc3c(c4oc5ccccc5c24)-c2ccccc2C32C3=C(CC=CC=C3)C3=C2C=CCC3)cc1. The Morgan fingerprint density at radius 3 is 2.25 bits per heavy atom. The molecule has 2 heterocycles. The second-order valence-electron chi connectivity index (χ2n) is 16.3. The van der Waals surface area contributed by atoms with Crippen molar-refractivity contribution in [2.24, 2.45) is 0 Å². The van der Waals surface area contributed by atoms with Gasteiger partial charge in [-0.1, -0.05) is 121 Å². The minimum atomic E-state index is -0.546. The van der Waals surface area contributed by atoms with Crippen LogP contribution in [0.3, 0.4) is 0 Å². The molecular formula is C56H37FN2O. The number of rotatable bonds is 4. The third-order valence-corrected chi connectivity index (χ3v) is 13.4. The number of halogens is 1. The topological polar surface area (TPSA) is 21.3 Å². The number of aromatic nitrogens is 1. The average molecular weight is 773 g/mol. The van der Waals surface area contributed by atoms with Crippen LogP contribution in [-0.2, 0) is 5.41 Å². The highest BCUT2D eigenvalue weighted by molar-refractivity contribution is 6.20. The van der Waals surface area contributed by atoms with Gasteiger partial charge in [0, 0.05) is 38.8 Å². The molecule has 3 nitrogen and oxygen atoms in total. The summed E-state index contributed by atoms with van der Waals surface area (Å²) in [5, 5.41) is 4.43. The molecule has 2 aromatic heterocycles. The van der Waals surface area contributed by atoms with Crippen LogP contribution in [0.5, 0.6) is 0 Å². The summed E-state index contributed by atoms with van der Waals surface area (Å²) in [6, 6.07) is 52.8. The Morgan fingerprint density at radius 1 is 0.600 bits per heavy atom. The van der Waals surface area contributed by atoms with E-state index in [1.807, 2.05) is 12.1 Å². The first-order valence-corrected chi connectivity index (χ1v) is 20.9. The fraction of sp³-hybridized carbons (Fsp3) is 0.0714. The highest BCUT2D eigenvalue weighted by Crippen LogP contribution is 2.66. The summed E-state index contributed by atoms with van der Waals surface area (Å²) >= 11 is 0. The lowest BCUT2D eigenvalue weighted by Gasteiger charge is -2.34. The van der Waals surface area contributed by atoms with Crippen molar-refractivity contribution < 1.29 is 8.81 Å². The van der Waals surface area contributed by atoms with Gasteiger partial charge in [0.15, 0.2) is 0 Å². The van der Waals surface area contributed by atoms with Crippen molar-refractivity contribution in [1.82, 2.24) is 4.57 Å². The van der Waals surface area contributed by atoms with Gasteiger partial charge in [-0.2, -0.15) is 0 Å². The summed E-state index contributed by atoms with van der Waals surface area (Å²) in [6.07, 6.45) is 16.8. The number of anilines is 3. The molecule has 1 atom stereocenters. The summed E-state index contributed by atoms with van der Waals surface area (Å²) in [5.74, 6) is -0.275. The first kappa shape index (κ1) is 33.5. The van der Waals surface area contributed by atoms with Crippen molar-refractivity contribution in [1.29, 1.82) is 0 Å². The van der Waals surface area contributed by atoms with E-state index in [-0.39, 0.29) is 5.82 Å². The van der Waals surface area contributed by atoms with Crippen LogP contribution in [0.4, 0.5) is 21.5 Å². The average Bonchev–Trinajstić information content (AvgIpc) is 3.95. The number of fused-ring (bicyclic) bond motifs is 15. The summed E-state index contributed by atoms with van der Waals surface area (Å²) in [6.45, 7) is 0. The molecule has 1 spiro atoms. The Kier molecular flexibility index (Phi) is 7.01. The zero-order chi connectivity index (χ0) is 39.5. The lowest BCUT2D eigenvalue weighted by Crippen LogP contribution is -2.28. The van der Waals surface area contributed by atoms with E-state index in [0.717, 1.165) is 80.5 Å². The van der Waals surface area contributed by atoms with E-state index in [4.69, 9.17) is 4.42 Å². The zero-order valence-corrected chi connectivity index (χ0v) is 32.7. The van der Waals surface area contributed by atoms with Crippen LogP contribution in [0.1, 0.15) is 30.4 Å². The van der Waals surface area contributed by atoms with Gasteiger partial charge in [0.1, 0.15) is 17.0 Å². The van der Waals surface area contributed by atoms with E-state index in [1.165, 1.54) is 49.8 Å². The molecule has 7 aromatic carbocycles. The predicted molar refractivity (Wildman–Crippen MR) is 244 cm³/mol. The first-order valence-electron chi connectivity index (χ1n) is 20.9. The van der Waals surface area contributed by atoms with E-state index in [0.29, 0.717) is 0 Å². The summed E-state index contributed by atoms with van der Waals surface area (Å²) in [5.41, 5.74) is 17.8. The quantitative estimate of drug-likeness (QED) is 0.178. The van der Waals surface area contributed by atoms with Gasteiger partial charge in [0.25, 0.3) is 0 Å². The molecule has 1 unspecified atom stereocenters. The largest absolute Gasteiger partial charge is 0.455 e. The van der Waals surface area contributed by atoms with Gasteiger partial charge in [0.2, 0.25) is 0 Å². The standard InChI is InChI=1S/C56H37FN2O/c57-35-27-29-37(30-28-35)58(38-31-32-42-41-19-9-13-25-49(41)59(50(42)33-38)36-15-3-1-4-16-36)51-34-48-53(55-54(51)44-21-10-14-26-52(44)60-55)43-20-8-12-24-47(43)56(48)45-22-6-2-5-17-39(45)40-18-7-11-23-46(40)56/h1-6,8-16,19-34H,7,17-18H2. The van der Waals surface area contributed by atoms with Gasteiger partial charge < -0.3 is 13.9 Å². The third-order valence-electron chi connectivity index (χ3n) is 13.4. The fourth-order valence-corrected chi connectivity index (χ4v) is 11.1. The second kappa shape index (κ2) is 12.5. The number of benzene rings is 7. The highest BCUT2D eigenvalue weighted by atomic mass is 19.1. The summed E-state index contributed by atoms with van der Waals surface area (Å²) in [4.78, 5) is 2.33. The lowest BCUT2D eigenvalue weighted by atomic mass is 9.68. The van der Waals surface area contributed by atoms with Crippen LogP contribution >= 0.6 is 0 Å². The molecule has 4 heteroatoms. The van der Waals surface area contributed by atoms with Gasteiger partial charge in [-0.05, 0) is 125 Å². The number of nitrogens with zero attached hydrogens (tertiary/aromatic N) is 2. The maximum Gasteiger partial charge on any atom is 0.145 e. The van der Waals surface area contributed by atoms with Gasteiger partial charge in [0.05, 0.1) is 27.5 Å². The molecular weight excluding hydrogens is 736 g/mol. The van der Waals surface area contributed by atoms with Crippen LogP contribution in [-0.4, -0.2) is 4.57 Å². The van der Waals surface area contributed by atoms with E-state index in [1.54, 1.807) is 12.1 Å². The molecule has 0 bridgehead atoms. The second-order valence-corrected chi connectivity index (χ2v) is 16.3. The molecule has 0 N–H and O–H groups in total. The maximum atomic E-state index is 14.9. The first-order chi connectivity index (χ1) is 29.7. The van der Waals surface area contributed by atoms with Gasteiger partial charge in [-0.3, -0.25) is 0 Å². The van der Waals surface area contributed by atoms with Crippen molar-refractivity contribution in [2.75, 3.05) is 4.90 Å². The van der Waals surface area contributed by atoms with Crippen LogP contribution in [0, 0.1) is 5.82 Å². The highest BCUT2D eigenvalue weighted by Gasteiger charge is 2.54. The molecule has 13 rings (SSSR count). The van der Waals surface area contributed by atoms with Gasteiger partial charge in [-0.15, -0.1) is 0 Å². The zero-order valence-electron chi connectivity index (χ0n) is 32.7. The van der Waals surface area contributed by atoms with Crippen molar-refractivity contribution in [2.45, 2.75) is 24.7 Å². The predicted octanol–water partition coefficient (Wildman–Crippen LogP) is 15.0. The molecule has 4 aliphatic rings. The Morgan fingerprint density at radius 2 is 1.35 bits per heavy atom. The maximum absolute atomic E-state index is 14.9. The fourth-order valence-electron chi connectivity index (χ4n) is 11.1. The number of hydrogen-bond acceptors (Lipinski definition) is 2. The number of para-hydroxylation sites is 3. The summed E-state index contributed by atoms with van der Waals surface area (Å²) < 4.78 is 24.5. The van der Waals surface area contributed by atoms with Crippen LogP contribution in [0.2, 0.25) is 0 Å². The molecule has 9 aromatic rings. The van der Waals surface area contributed by atoms with E-state index < -0.39 is 5.41 Å². The Bertz CT molecular complexity index is 3460. The summed E-state index contributed by atoms with van der Waals surface area (Å²) in [7, 11) is 0. The molecule has 0 saturated heterocycles. The molecule has 0 radical (unpaired) electrons. The van der Waals surface area contributed by atoms with Crippen LogP contribution < -0.4 is 4.90 Å². The van der Waals surface area contributed by atoms with Crippen LogP contribution in [0.15, 0.2) is 215 Å². The third kappa shape index (κ3) is 4.43. The van der Waals surface area contributed by atoms with E-state index in [2.05, 4.69) is 173 Å². The number of furan rings is 1. The van der Waals surface area contributed by atoms with E-state index >= 15 is 0 Å². The molecule has 0 fully saturated rings. The number of hydrogen-bond donors (Lipinski definition) is 0. The number of allylic oxidation sites excluding steroid dienone is 10. The Hall–Kier alpha value is -7.43. The monoisotopic (exact) mass is 772 g/mol. The molecule has 0 amide bonds. The lowest BCUT2D eigenvalue weighted by molar-refractivity contribution is 0.628. The van der Waals surface area contributed by atoms with Crippen molar-refractivity contribution in [3.05, 3.63) is 227 Å². The minimum Gasteiger partial charge on any atom is -0.455 e. The van der Waals surface area contributed by atoms with E-state index in [9.17, 15) is 4.39 Å². The molecule has 0 saturated carbocycles. The van der Waals surface area contributed by atoms with Crippen molar-refractivity contribution >= 4 is 60.8 Å². The molecule has 0 aliphatic heterocycles. The molecule has 60 heavy (non-hydrogen) atoms. The Balaban J connectivity index is 1.18.